The Morgan fingerprint density at radius 3 is 3.12 bits per heavy atom. The molecule has 0 bridgehead atoms. The number of nitrogens with one attached hydrogen (secondary N) is 1. The molecule has 5 nitrogen and oxygen atoms in total. The van der Waals surface area contributed by atoms with Gasteiger partial charge in [-0.05, 0) is 26.2 Å². The lowest BCUT2D eigenvalue weighted by atomic mass is 9.81. The zero-order chi connectivity index (χ0) is 12.5. The third kappa shape index (κ3) is 2.73. The van der Waals surface area contributed by atoms with Crippen LogP contribution in [0.1, 0.15) is 39.3 Å². The van der Waals surface area contributed by atoms with E-state index in [1.165, 1.54) is 0 Å². The summed E-state index contributed by atoms with van der Waals surface area (Å²) >= 11 is 0. The fraction of sp³-hybridized carbons (Fsp3) is 0.667. The van der Waals surface area contributed by atoms with Crippen LogP contribution >= 0.6 is 0 Å². The molecule has 96 valence electrons. The molecular formula is C12H22N4O. The van der Waals surface area contributed by atoms with Gasteiger partial charge < -0.3 is 10.4 Å². The second kappa shape index (κ2) is 4.58. The van der Waals surface area contributed by atoms with E-state index in [1.54, 1.807) is 10.8 Å². The van der Waals surface area contributed by atoms with Gasteiger partial charge in [-0.3, -0.25) is 4.68 Å². The van der Waals surface area contributed by atoms with Gasteiger partial charge >= 0.3 is 0 Å². The number of aromatic nitrogens is 3. The standard InChI is InChI=1S/C12H20N4O.H2/c1-4-5-12(17)6-9(2)13-10(7-12)11-8-16(3)15-14-11;/h4,8-10,13,17H,1,5-7H2,2-3H3;1H/t9-,10-,12-;/m0./s1. The zero-order valence-corrected chi connectivity index (χ0v) is 10.4. The van der Waals surface area contributed by atoms with Crippen LogP contribution < -0.4 is 5.32 Å². The van der Waals surface area contributed by atoms with Gasteiger partial charge in [0, 0.05) is 20.7 Å². The molecule has 0 unspecified atom stereocenters. The van der Waals surface area contributed by atoms with E-state index >= 15 is 0 Å². The molecule has 1 aliphatic rings. The predicted octanol–water partition coefficient (Wildman–Crippen LogP) is 1.18. The molecule has 2 N–H and O–H groups in total. The van der Waals surface area contributed by atoms with E-state index in [0.29, 0.717) is 12.8 Å². The fourth-order valence-corrected chi connectivity index (χ4v) is 2.64. The highest BCUT2D eigenvalue weighted by atomic mass is 16.3. The van der Waals surface area contributed by atoms with E-state index in [4.69, 9.17) is 0 Å². The van der Waals surface area contributed by atoms with Crippen LogP contribution in [0.15, 0.2) is 18.9 Å². The van der Waals surface area contributed by atoms with Crippen molar-refractivity contribution in [3.63, 3.8) is 0 Å². The average Bonchev–Trinajstić information content (AvgIpc) is 2.63. The Morgan fingerprint density at radius 2 is 2.53 bits per heavy atom. The van der Waals surface area contributed by atoms with E-state index < -0.39 is 5.60 Å². The normalized spacial score (nSPS) is 33.6. The number of hydrogen-bond acceptors (Lipinski definition) is 4. The number of rotatable bonds is 3. The molecule has 0 aromatic carbocycles. The molecule has 1 saturated heterocycles. The van der Waals surface area contributed by atoms with Crippen molar-refractivity contribution >= 4 is 0 Å². The second-order valence-corrected chi connectivity index (χ2v) is 5.06. The maximum atomic E-state index is 10.5. The Hall–Kier alpha value is -1.20. The Morgan fingerprint density at radius 1 is 1.76 bits per heavy atom. The topological polar surface area (TPSA) is 63.0 Å². The maximum Gasteiger partial charge on any atom is 0.0997 e. The van der Waals surface area contributed by atoms with Gasteiger partial charge in [0.05, 0.1) is 17.3 Å². The Kier molecular flexibility index (Phi) is 3.31. The summed E-state index contributed by atoms with van der Waals surface area (Å²) in [6, 6.07) is 0.332. The molecule has 17 heavy (non-hydrogen) atoms. The molecule has 2 rings (SSSR count). The largest absolute Gasteiger partial charge is 0.389 e. The second-order valence-electron chi connectivity index (χ2n) is 5.06. The number of aliphatic hydroxyl groups is 1. The van der Waals surface area contributed by atoms with Gasteiger partial charge in [0.15, 0.2) is 0 Å². The first-order valence-electron chi connectivity index (χ1n) is 5.98. The molecule has 1 aromatic rings. The number of piperidine rings is 1. The van der Waals surface area contributed by atoms with Gasteiger partial charge in [-0.1, -0.05) is 11.3 Å². The minimum Gasteiger partial charge on any atom is -0.389 e. The van der Waals surface area contributed by atoms with E-state index in [-0.39, 0.29) is 13.5 Å². The summed E-state index contributed by atoms with van der Waals surface area (Å²) in [7, 11) is 1.85. The van der Waals surface area contributed by atoms with Crippen LogP contribution in [0, 0.1) is 0 Å². The molecular weight excluding hydrogens is 216 g/mol. The quantitative estimate of drug-likeness (QED) is 0.776. The molecule has 1 fully saturated rings. The first-order valence-corrected chi connectivity index (χ1v) is 5.98. The van der Waals surface area contributed by atoms with E-state index in [1.807, 2.05) is 13.2 Å². The summed E-state index contributed by atoms with van der Waals surface area (Å²) in [4.78, 5) is 0. The van der Waals surface area contributed by atoms with Crippen LogP contribution in [-0.4, -0.2) is 31.7 Å². The summed E-state index contributed by atoms with van der Waals surface area (Å²) in [5.41, 5.74) is 0.218. The Labute approximate surface area is 103 Å². The summed E-state index contributed by atoms with van der Waals surface area (Å²) in [6.07, 6.45) is 5.70. The minimum atomic E-state index is -0.672. The smallest absolute Gasteiger partial charge is 0.0997 e. The lowest BCUT2D eigenvalue weighted by Gasteiger charge is -2.40. The molecule has 3 atom stereocenters. The van der Waals surface area contributed by atoms with E-state index in [0.717, 1.165) is 12.1 Å². The molecule has 0 radical (unpaired) electrons. The monoisotopic (exact) mass is 238 g/mol. The lowest BCUT2D eigenvalue weighted by Crippen LogP contribution is -2.48. The highest BCUT2D eigenvalue weighted by Gasteiger charge is 2.37. The highest BCUT2D eigenvalue weighted by molar-refractivity contribution is 5.08. The zero-order valence-electron chi connectivity index (χ0n) is 10.4. The lowest BCUT2D eigenvalue weighted by molar-refractivity contribution is -0.0157. The van der Waals surface area contributed by atoms with E-state index in [2.05, 4.69) is 29.1 Å². The number of nitrogens with zero attached hydrogens (tertiary/aromatic N) is 3. The minimum absolute atomic E-state index is 0. The predicted molar refractivity (Wildman–Crippen MR) is 67.5 cm³/mol. The Balaban J connectivity index is 0.00000162. The van der Waals surface area contributed by atoms with Gasteiger partial charge in [0.1, 0.15) is 0 Å². The third-order valence-electron chi connectivity index (χ3n) is 3.26. The van der Waals surface area contributed by atoms with Crippen molar-refractivity contribution in [1.82, 2.24) is 20.3 Å². The first-order chi connectivity index (χ1) is 8.02. The molecule has 5 heteroatoms. The van der Waals surface area contributed by atoms with Crippen molar-refractivity contribution < 1.29 is 6.53 Å². The number of hydrogen-bond donors (Lipinski definition) is 2. The van der Waals surface area contributed by atoms with Crippen molar-refractivity contribution in [3.8, 4) is 0 Å². The molecule has 0 aliphatic carbocycles. The van der Waals surface area contributed by atoms with Gasteiger partial charge in [-0.25, -0.2) is 0 Å². The van der Waals surface area contributed by atoms with Gasteiger partial charge in [-0.15, -0.1) is 11.7 Å². The molecule has 1 aliphatic heterocycles. The average molecular weight is 238 g/mol. The molecule has 2 heterocycles. The molecule has 1 aromatic heterocycles. The first kappa shape index (κ1) is 12.3. The van der Waals surface area contributed by atoms with Gasteiger partial charge in [0.25, 0.3) is 0 Å². The van der Waals surface area contributed by atoms with Crippen LogP contribution in [0.4, 0.5) is 0 Å². The van der Waals surface area contributed by atoms with Crippen LogP contribution in [0.3, 0.4) is 0 Å². The summed E-state index contributed by atoms with van der Waals surface area (Å²) in [5.74, 6) is 0. The molecule has 0 saturated carbocycles. The van der Waals surface area contributed by atoms with Crippen molar-refractivity contribution in [2.24, 2.45) is 7.05 Å². The van der Waals surface area contributed by atoms with Crippen LogP contribution in [0.5, 0.6) is 0 Å². The van der Waals surface area contributed by atoms with Crippen molar-refractivity contribution in [3.05, 3.63) is 24.5 Å². The molecule has 0 amide bonds. The maximum absolute atomic E-state index is 10.5. The summed E-state index contributed by atoms with van der Waals surface area (Å²) in [6.45, 7) is 5.79. The Bertz CT molecular complexity index is 409. The third-order valence-corrected chi connectivity index (χ3v) is 3.26. The summed E-state index contributed by atoms with van der Waals surface area (Å²) in [5, 5.41) is 22.0. The van der Waals surface area contributed by atoms with Crippen molar-refractivity contribution in [2.45, 2.75) is 43.9 Å². The van der Waals surface area contributed by atoms with Crippen LogP contribution in [0.25, 0.3) is 0 Å². The summed E-state index contributed by atoms with van der Waals surface area (Å²) < 4.78 is 1.68. The van der Waals surface area contributed by atoms with Crippen LogP contribution in [-0.2, 0) is 7.05 Å². The van der Waals surface area contributed by atoms with Gasteiger partial charge in [-0.2, -0.15) is 0 Å². The van der Waals surface area contributed by atoms with E-state index in [9.17, 15) is 5.11 Å². The van der Waals surface area contributed by atoms with Crippen molar-refractivity contribution in [2.75, 3.05) is 0 Å². The van der Waals surface area contributed by atoms with Crippen LogP contribution in [0.2, 0.25) is 0 Å². The van der Waals surface area contributed by atoms with Crippen molar-refractivity contribution in [1.29, 1.82) is 0 Å². The SMILES string of the molecule is C=CC[C@@]1(O)C[C@@H](c2cn(C)nn2)N[C@@H](C)C1.[HH]. The fourth-order valence-electron chi connectivity index (χ4n) is 2.64. The number of aryl methyl sites for hydroxylation is 1. The van der Waals surface area contributed by atoms with Gasteiger partial charge in [0.2, 0.25) is 0 Å². The highest BCUT2D eigenvalue weighted by Crippen LogP contribution is 2.34. The molecule has 0 spiro atoms.